The lowest BCUT2D eigenvalue weighted by Gasteiger charge is -2.40. The van der Waals surface area contributed by atoms with Crippen LogP contribution < -0.4 is 15.3 Å². The van der Waals surface area contributed by atoms with E-state index in [1.165, 1.54) is 0 Å². The van der Waals surface area contributed by atoms with Crippen LogP contribution in [0.2, 0.25) is 0 Å². The summed E-state index contributed by atoms with van der Waals surface area (Å²) >= 11 is 0. The molecule has 0 radical (unpaired) electrons. The third-order valence-corrected chi connectivity index (χ3v) is 5.92. The van der Waals surface area contributed by atoms with Crippen molar-refractivity contribution in [2.75, 3.05) is 6.54 Å². The largest absolute Gasteiger partial charge is 0.552 e. The molecule has 3 heterocycles. The van der Waals surface area contributed by atoms with Gasteiger partial charge in [0.2, 0.25) is 5.91 Å². The van der Waals surface area contributed by atoms with Crippen LogP contribution in [-0.2, 0) is 11.2 Å². The summed E-state index contributed by atoms with van der Waals surface area (Å²) in [7, 11) is -0.931. The molecule has 1 atom stereocenters. The van der Waals surface area contributed by atoms with Gasteiger partial charge in [-0.1, -0.05) is 12.2 Å². The third kappa shape index (κ3) is 2.66. The summed E-state index contributed by atoms with van der Waals surface area (Å²) in [6.07, 6.45) is 10.6. The third-order valence-electron chi connectivity index (χ3n) is 5.92. The highest BCUT2D eigenvalue weighted by molar-refractivity contribution is 6.52. The van der Waals surface area contributed by atoms with E-state index in [1.807, 2.05) is 5.98 Å². The number of fused-ring (bicyclic) bond motifs is 3. The van der Waals surface area contributed by atoms with Gasteiger partial charge in [0.05, 0.1) is 17.9 Å². The number of aromatic nitrogens is 1. The predicted octanol–water partition coefficient (Wildman–Crippen LogP) is 1.09. The van der Waals surface area contributed by atoms with Gasteiger partial charge in [-0.25, -0.2) is 0 Å². The number of nitrogens with zero attached hydrogens (tertiary/aromatic N) is 1. The summed E-state index contributed by atoms with van der Waals surface area (Å²) in [5.74, 6) is 2.92. The average Bonchev–Trinajstić information content (AvgIpc) is 3.27. The molecule has 26 heavy (non-hydrogen) atoms. The van der Waals surface area contributed by atoms with Gasteiger partial charge in [0.25, 0.3) is 0 Å². The maximum atomic E-state index is 12.3. The molecule has 1 amide bonds. The Morgan fingerprint density at radius 3 is 3.12 bits per heavy atom. The number of allylic oxidation sites excluding steroid dienone is 2. The Kier molecular flexibility index (Phi) is 3.87. The highest BCUT2D eigenvalue weighted by Crippen LogP contribution is 2.46. The molecule has 0 unspecified atom stereocenters. The SMILES string of the molecule is O=C(NC1CC(C2=CB(O)Oc3cnc4c(c32)C=CC4)C1)[C@H]1CCCN1. The van der Waals surface area contributed by atoms with Crippen LogP contribution >= 0.6 is 0 Å². The summed E-state index contributed by atoms with van der Waals surface area (Å²) in [6.45, 7) is 0.930. The number of rotatable bonds is 3. The van der Waals surface area contributed by atoms with E-state index in [0.29, 0.717) is 11.7 Å². The quantitative estimate of drug-likeness (QED) is 0.711. The molecular weight excluding hydrogens is 329 g/mol. The summed E-state index contributed by atoms with van der Waals surface area (Å²) < 4.78 is 5.57. The van der Waals surface area contributed by atoms with Crippen LogP contribution in [0.5, 0.6) is 5.75 Å². The first-order chi connectivity index (χ1) is 12.7. The molecule has 1 aromatic rings. The Labute approximate surface area is 152 Å². The minimum Gasteiger partial charge on any atom is -0.531 e. The molecule has 2 aliphatic carbocycles. The minimum atomic E-state index is -0.931. The highest BCUT2D eigenvalue weighted by Gasteiger charge is 2.39. The summed E-state index contributed by atoms with van der Waals surface area (Å²) in [5.41, 5.74) is 4.38. The topological polar surface area (TPSA) is 83.5 Å². The van der Waals surface area contributed by atoms with E-state index < -0.39 is 7.12 Å². The van der Waals surface area contributed by atoms with Gasteiger partial charge in [-0.05, 0) is 49.7 Å². The van der Waals surface area contributed by atoms with Crippen molar-refractivity contribution in [1.82, 2.24) is 15.6 Å². The lowest BCUT2D eigenvalue weighted by atomic mass is 9.68. The molecule has 1 saturated heterocycles. The Morgan fingerprint density at radius 2 is 2.31 bits per heavy atom. The summed E-state index contributed by atoms with van der Waals surface area (Å²) in [6, 6.07) is 0.183. The maximum absolute atomic E-state index is 12.3. The summed E-state index contributed by atoms with van der Waals surface area (Å²) in [4.78, 5) is 16.7. The van der Waals surface area contributed by atoms with E-state index in [1.54, 1.807) is 6.20 Å². The van der Waals surface area contributed by atoms with Crippen LogP contribution in [0.3, 0.4) is 0 Å². The fourth-order valence-corrected chi connectivity index (χ4v) is 4.51. The Hall–Kier alpha value is -2.12. The summed E-state index contributed by atoms with van der Waals surface area (Å²) in [5, 5.41) is 16.5. The van der Waals surface area contributed by atoms with Crippen molar-refractivity contribution in [1.29, 1.82) is 0 Å². The van der Waals surface area contributed by atoms with Crippen LogP contribution in [0.15, 0.2) is 18.2 Å². The van der Waals surface area contributed by atoms with Crippen molar-refractivity contribution in [3.63, 3.8) is 0 Å². The van der Waals surface area contributed by atoms with E-state index in [2.05, 4.69) is 27.8 Å². The van der Waals surface area contributed by atoms with Crippen molar-refractivity contribution >= 4 is 24.7 Å². The zero-order chi connectivity index (χ0) is 17.7. The maximum Gasteiger partial charge on any atom is 0.552 e. The Morgan fingerprint density at radius 1 is 1.42 bits per heavy atom. The van der Waals surface area contributed by atoms with Crippen molar-refractivity contribution in [2.24, 2.45) is 5.92 Å². The van der Waals surface area contributed by atoms with E-state index in [9.17, 15) is 9.82 Å². The predicted molar refractivity (Wildman–Crippen MR) is 99.2 cm³/mol. The molecule has 7 heteroatoms. The zero-order valence-corrected chi connectivity index (χ0v) is 14.6. The molecule has 1 saturated carbocycles. The second-order valence-corrected chi connectivity index (χ2v) is 7.62. The standard InChI is InChI=1S/C19H22BN3O3/c24-19(16-5-2-6-21-16)23-12-7-11(8-12)14-9-20(25)26-17-10-22-15-4-1-3-13(15)18(14)17/h1,3,9-12,16,21,25H,2,4-8H2,(H,23,24)/t11?,12?,16-/m1/s1. The van der Waals surface area contributed by atoms with Crippen LogP contribution in [0, 0.1) is 5.92 Å². The number of carbonyl (C=O) groups is 1. The number of carbonyl (C=O) groups excluding carboxylic acids is 1. The first-order valence-corrected chi connectivity index (χ1v) is 9.48. The molecule has 4 aliphatic rings. The molecule has 134 valence electrons. The molecule has 5 rings (SSSR count). The normalized spacial score (nSPS) is 28.7. The van der Waals surface area contributed by atoms with E-state index >= 15 is 0 Å². The van der Waals surface area contributed by atoms with Gasteiger partial charge in [-0.2, -0.15) is 0 Å². The smallest absolute Gasteiger partial charge is 0.531 e. The van der Waals surface area contributed by atoms with Crippen LogP contribution in [0.4, 0.5) is 0 Å². The van der Waals surface area contributed by atoms with Gasteiger partial charge in [-0.15, -0.1) is 0 Å². The van der Waals surface area contributed by atoms with E-state index in [4.69, 9.17) is 4.65 Å². The highest BCUT2D eigenvalue weighted by atomic mass is 16.5. The molecule has 6 nitrogen and oxygen atoms in total. The number of nitrogens with one attached hydrogen (secondary N) is 2. The van der Waals surface area contributed by atoms with Crippen molar-refractivity contribution in [2.45, 2.75) is 44.2 Å². The average molecular weight is 351 g/mol. The molecular formula is C19H22BN3O3. The lowest BCUT2D eigenvalue weighted by molar-refractivity contribution is -0.124. The van der Waals surface area contributed by atoms with Crippen LogP contribution in [-0.4, -0.2) is 41.7 Å². The zero-order valence-electron chi connectivity index (χ0n) is 14.6. The van der Waals surface area contributed by atoms with Crippen LogP contribution in [0.1, 0.15) is 42.5 Å². The fraction of sp³-hybridized carbons (Fsp3) is 0.474. The number of hydrogen-bond acceptors (Lipinski definition) is 5. The Bertz CT molecular complexity index is 810. The van der Waals surface area contributed by atoms with Gasteiger partial charge < -0.3 is 20.3 Å². The van der Waals surface area contributed by atoms with Crippen LogP contribution in [0.25, 0.3) is 11.6 Å². The van der Waals surface area contributed by atoms with Gasteiger partial charge in [0.1, 0.15) is 5.75 Å². The lowest BCUT2D eigenvalue weighted by Crippen LogP contribution is -2.50. The monoisotopic (exact) mass is 351 g/mol. The molecule has 0 bridgehead atoms. The molecule has 2 aliphatic heterocycles. The second-order valence-electron chi connectivity index (χ2n) is 7.62. The van der Waals surface area contributed by atoms with Gasteiger partial charge in [0.15, 0.2) is 0 Å². The molecule has 3 N–H and O–H groups in total. The van der Waals surface area contributed by atoms with Crippen molar-refractivity contribution < 1.29 is 14.5 Å². The minimum absolute atomic E-state index is 0.0293. The molecule has 0 aromatic carbocycles. The fourth-order valence-electron chi connectivity index (χ4n) is 4.51. The number of amides is 1. The van der Waals surface area contributed by atoms with Gasteiger partial charge in [-0.3, -0.25) is 9.78 Å². The number of hydrogen-bond donors (Lipinski definition) is 3. The van der Waals surface area contributed by atoms with E-state index in [0.717, 1.165) is 61.0 Å². The van der Waals surface area contributed by atoms with Crippen molar-refractivity contribution in [3.8, 4) is 5.75 Å². The van der Waals surface area contributed by atoms with E-state index in [-0.39, 0.29) is 18.0 Å². The second kappa shape index (κ2) is 6.25. The van der Waals surface area contributed by atoms with Gasteiger partial charge in [0, 0.05) is 23.6 Å². The first kappa shape index (κ1) is 16.1. The molecule has 2 fully saturated rings. The Balaban J connectivity index is 1.32. The first-order valence-electron chi connectivity index (χ1n) is 9.48. The molecule has 1 aromatic heterocycles. The molecule has 0 spiro atoms. The van der Waals surface area contributed by atoms with Crippen molar-refractivity contribution in [3.05, 3.63) is 35.1 Å². The van der Waals surface area contributed by atoms with Gasteiger partial charge >= 0.3 is 7.12 Å². The number of pyridine rings is 1.